The molecule has 2 fully saturated rings. The number of anilines is 1. The maximum absolute atomic E-state index is 12.7. The third-order valence-electron chi connectivity index (χ3n) is 7.23. The van der Waals surface area contributed by atoms with E-state index >= 15 is 0 Å². The molecule has 0 aromatic heterocycles. The van der Waals surface area contributed by atoms with Crippen LogP contribution >= 0.6 is 11.6 Å². The highest BCUT2D eigenvalue weighted by atomic mass is 35.5. The van der Waals surface area contributed by atoms with E-state index in [-0.39, 0.29) is 11.9 Å². The van der Waals surface area contributed by atoms with Gasteiger partial charge in [0.05, 0.1) is 0 Å². The number of carbonyl (C=O) groups excluding carboxylic acids is 2. The van der Waals surface area contributed by atoms with Gasteiger partial charge in [0.15, 0.2) is 12.2 Å². The van der Waals surface area contributed by atoms with Gasteiger partial charge in [-0.3, -0.25) is 14.6 Å². The highest BCUT2D eigenvalue weighted by molar-refractivity contribution is 6.30. The number of guanidine groups is 1. The van der Waals surface area contributed by atoms with E-state index in [0.29, 0.717) is 0 Å². The van der Waals surface area contributed by atoms with Crippen molar-refractivity contribution in [1.82, 2.24) is 24.5 Å². The lowest BCUT2D eigenvalue weighted by Gasteiger charge is -2.38. The number of imide groups is 1. The zero-order chi connectivity index (χ0) is 23.8. The van der Waals surface area contributed by atoms with Crippen LogP contribution in [0.25, 0.3) is 0 Å². The molecule has 2 atom stereocenters. The number of amides is 3. The number of fused-ring (bicyclic) bond motifs is 3. The third-order valence-corrected chi connectivity index (χ3v) is 7.48. The van der Waals surface area contributed by atoms with E-state index in [1.165, 1.54) is 24.1 Å². The Kier molecular flexibility index (Phi) is 6.40. The first-order valence-corrected chi connectivity index (χ1v) is 12.4. The van der Waals surface area contributed by atoms with Crippen molar-refractivity contribution < 1.29 is 9.59 Å². The van der Waals surface area contributed by atoms with Gasteiger partial charge < -0.3 is 19.6 Å². The first-order chi connectivity index (χ1) is 16.4. The Bertz CT molecular complexity index is 990. The van der Waals surface area contributed by atoms with Crippen molar-refractivity contribution in [2.75, 3.05) is 58.3 Å². The van der Waals surface area contributed by atoms with E-state index in [9.17, 15) is 9.59 Å². The first kappa shape index (κ1) is 23.0. The number of unbranched alkanes of at least 4 members (excludes halogenated alkanes) is 2. The summed E-state index contributed by atoms with van der Waals surface area (Å²) in [6.07, 6.45) is 6.82. The van der Waals surface area contributed by atoms with E-state index in [2.05, 4.69) is 26.8 Å². The van der Waals surface area contributed by atoms with Crippen molar-refractivity contribution in [3.8, 4) is 0 Å². The summed E-state index contributed by atoms with van der Waals surface area (Å²) in [5, 5.41) is 0.779. The second kappa shape index (κ2) is 9.46. The molecule has 1 aromatic rings. The molecule has 0 bridgehead atoms. The smallest absolute Gasteiger partial charge is 0.328 e. The number of urea groups is 1. The van der Waals surface area contributed by atoms with Crippen molar-refractivity contribution >= 4 is 35.2 Å². The Morgan fingerprint density at radius 2 is 1.65 bits per heavy atom. The Balaban J connectivity index is 1.04. The van der Waals surface area contributed by atoms with Crippen LogP contribution in [0.5, 0.6) is 0 Å². The summed E-state index contributed by atoms with van der Waals surface area (Å²) in [4.78, 5) is 41.4. The van der Waals surface area contributed by atoms with Crippen LogP contribution in [0, 0.1) is 0 Å². The molecule has 2 saturated heterocycles. The van der Waals surface area contributed by atoms with Crippen LogP contribution in [0.15, 0.2) is 41.7 Å². The van der Waals surface area contributed by atoms with Gasteiger partial charge in [0.25, 0.3) is 5.91 Å². The maximum atomic E-state index is 12.7. The van der Waals surface area contributed by atoms with Crippen LogP contribution in [0.3, 0.4) is 0 Å². The standard InChI is InChI=1S/C24H32ClN7O2/c1-27-21-20(22(33)28(2)24(27)34)32-17-16-31(23(32)26-21)11-5-3-4-10-29-12-14-30(15-13-29)19-8-6-18(25)7-9-19/h6-9,16-17,20-21H,3-5,10-15H2,1-2H3. The summed E-state index contributed by atoms with van der Waals surface area (Å²) in [7, 11) is 3.24. The van der Waals surface area contributed by atoms with E-state index in [0.717, 1.165) is 63.1 Å². The minimum absolute atomic E-state index is 0.200. The number of hydrogen-bond acceptors (Lipinski definition) is 7. The minimum Gasteiger partial charge on any atom is -0.369 e. The number of aliphatic imine (C=N–C) groups is 1. The molecule has 182 valence electrons. The van der Waals surface area contributed by atoms with Gasteiger partial charge in [-0.2, -0.15) is 0 Å². The van der Waals surface area contributed by atoms with Gasteiger partial charge in [-0.1, -0.05) is 18.0 Å². The summed E-state index contributed by atoms with van der Waals surface area (Å²) < 4.78 is 0. The second-order valence-electron chi connectivity index (χ2n) is 9.34. The lowest BCUT2D eigenvalue weighted by Crippen LogP contribution is -2.63. The third kappa shape index (κ3) is 4.22. The largest absolute Gasteiger partial charge is 0.369 e. The number of piperazine rings is 1. The van der Waals surface area contributed by atoms with Crippen molar-refractivity contribution in [3.63, 3.8) is 0 Å². The number of nitrogens with zero attached hydrogens (tertiary/aromatic N) is 7. The highest BCUT2D eigenvalue weighted by Gasteiger charge is 2.52. The number of halogens is 1. The molecular weight excluding hydrogens is 454 g/mol. The van der Waals surface area contributed by atoms with Crippen LogP contribution in [-0.2, 0) is 4.79 Å². The molecule has 2 unspecified atom stereocenters. The van der Waals surface area contributed by atoms with E-state index < -0.39 is 12.2 Å². The molecule has 9 nitrogen and oxygen atoms in total. The molecule has 4 aliphatic heterocycles. The molecule has 34 heavy (non-hydrogen) atoms. The van der Waals surface area contributed by atoms with Crippen molar-refractivity contribution in [3.05, 3.63) is 41.7 Å². The molecule has 4 heterocycles. The Hall–Kier alpha value is -2.78. The predicted molar refractivity (Wildman–Crippen MR) is 133 cm³/mol. The molecule has 0 N–H and O–H groups in total. The van der Waals surface area contributed by atoms with Gasteiger partial charge in [0.2, 0.25) is 5.96 Å². The molecule has 0 spiro atoms. The fraction of sp³-hybridized carbons (Fsp3) is 0.542. The van der Waals surface area contributed by atoms with Crippen LogP contribution in [0.1, 0.15) is 19.3 Å². The average molecular weight is 486 g/mol. The van der Waals surface area contributed by atoms with Gasteiger partial charge in [-0.15, -0.1) is 0 Å². The van der Waals surface area contributed by atoms with Gasteiger partial charge in [-0.25, -0.2) is 9.79 Å². The van der Waals surface area contributed by atoms with E-state index in [1.807, 2.05) is 29.4 Å². The lowest BCUT2D eigenvalue weighted by molar-refractivity contribution is -0.135. The van der Waals surface area contributed by atoms with Crippen LogP contribution in [0.2, 0.25) is 5.02 Å². The van der Waals surface area contributed by atoms with Gasteiger partial charge in [-0.05, 0) is 43.7 Å². The average Bonchev–Trinajstić information content (AvgIpc) is 3.42. The summed E-state index contributed by atoms with van der Waals surface area (Å²) in [5.74, 6) is 0.575. The molecule has 1 aromatic carbocycles. The van der Waals surface area contributed by atoms with Gasteiger partial charge in [0.1, 0.15) is 0 Å². The van der Waals surface area contributed by atoms with Gasteiger partial charge in [0, 0.05) is 69.9 Å². The molecule has 0 aliphatic carbocycles. The van der Waals surface area contributed by atoms with Crippen LogP contribution in [-0.4, -0.2) is 108 Å². The minimum atomic E-state index is -0.463. The number of benzene rings is 1. The normalized spacial score (nSPS) is 24.8. The van der Waals surface area contributed by atoms with Crippen LogP contribution in [0.4, 0.5) is 10.5 Å². The summed E-state index contributed by atoms with van der Waals surface area (Å²) in [6.45, 7) is 6.24. The maximum Gasteiger partial charge on any atom is 0.328 e. The highest BCUT2D eigenvalue weighted by Crippen LogP contribution is 2.31. The molecule has 3 amide bonds. The topological polar surface area (TPSA) is 65.9 Å². The van der Waals surface area contributed by atoms with Crippen LogP contribution < -0.4 is 4.90 Å². The molecule has 5 rings (SSSR count). The van der Waals surface area contributed by atoms with E-state index in [1.54, 1.807) is 11.9 Å². The van der Waals surface area contributed by atoms with Crippen molar-refractivity contribution in [2.24, 2.45) is 4.99 Å². The first-order valence-electron chi connectivity index (χ1n) is 12.0. The molecule has 0 saturated carbocycles. The SMILES string of the molecule is CN1C(=O)C2C(N=C3N(CCCCCN4CCN(c5ccc(Cl)cc5)CC4)C=CN32)N(C)C1=O. The number of carbonyl (C=O) groups is 2. The molecule has 10 heteroatoms. The zero-order valence-electron chi connectivity index (χ0n) is 19.8. The Morgan fingerprint density at radius 1 is 0.941 bits per heavy atom. The quantitative estimate of drug-likeness (QED) is 0.552. The molecular formula is C24H32ClN7O2. The summed E-state index contributed by atoms with van der Waals surface area (Å²) >= 11 is 6.00. The fourth-order valence-electron chi connectivity index (χ4n) is 5.16. The number of rotatable bonds is 7. The van der Waals surface area contributed by atoms with Crippen molar-refractivity contribution in [1.29, 1.82) is 0 Å². The summed E-state index contributed by atoms with van der Waals surface area (Å²) in [6, 6.07) is 7.34. The number of hydrogen-bond donors (Lipinski definition) is 0. The Morgan fingerprint density at radius 3 is 2.38 bits per heavy atom. The monoisotopic (exact) mass is 485 g/mol. The molecule has 0 radical (unpaired) electrons. The fourth-order valence-corrected chi connectivity index (χ4v) is 5.29. The predicted octanol–water partition coefficient (Wildman–Crippen LogP) is 2.31. The number of likely N-dealkylation sites (N-methyl/N-ethyl adjacent to an activating group) is 2. The second-order valence-corrected chi connectivity index (χ2v) is 9.78. The summed E-state index contributed by atoms with van der Waals surface area (Å²) in [5.41, 5.74) is 1.25. The molecule has 4 aliphatic rings. The van der Waals surface area contributed by atoms with Gasteiger partial charge >= 0.3 is 6.03 Å². The van der Waals surface area contributed by atoms with E-state index in [4.69, 9.17) is 16.6 Å². The lowest BCUT2D eigenvalue weighted by atomic mass is 10.1. The Labute approximate surface area is 205 Å². The zero-order valence-corrected chi connectivity index (χ0v) is 20.6. The van der Waals surface area contributed by atoms with Crippen molar-refractivity contribution in [2.45, 2.75) is 31.5 Å².